The number of benzene rings is 4. The molecule has 0 aliphatic rings. The summed E-state index contributed by atoms with van der Waals surface area (Å²) in [5.41, 5.74) is 0.0229. The molecule has 0 aliphatic heterocycles. The Kier molecular flexibility index (Phi) is 9.70. The molecule has 5 N–H and O–H groups in total. The van der Waals surface area contributed by atoms with Crippen molar-refractivity contribution < 1.29 is 23.9 Å². The summed E-state index contributed by atoms with van der Waals surface area (Å²) in [6, 6.07) is 32.7. The maximum absolute atomic E-state index is 13.8. The second-order valence-electron chi connectivity index (χ2n) is 10.7. The Labute approximate surface area is 267 Å². The molecule has 0 radical (unpaired) electrons. The quantitative estimate of drug-likeness (QED) is 0.139. The second kappa shape index (κ2) is 14.2. The van der Waals surface area contributed by atoms with E-state index in [1.54, 1.807) is 12.1 Å². The van der Waals surface area contributed by atoms with Crippen LogP contribution in [0.5, 0.6) is 0 Å². The molecular weight excluding hydrogens is 605 g/mol. The number of nitrogens with one attached hydrogen (secondary N) is 4. The van der Waals surface area contributed by atoms with Crippen LogP contribution in [0.3, 0.4) is 0 Å². The summed E-state index contributed by atoms with van der Waals surface area (Å²) in [6.45, 7) is -0.0594. The van der Waals surface area contributed by atoms with Crippen molar-refractivity contribution in [1.29, 1.82) is 0 Å². The van der Waals surface area contributed by atoms with E-state index >= 15 is 0 Å². The molecule has 1 heterocycles. The zero-order valence-corrected chi connectivity index (χ0v) is 24.9. The number of halogens is 1. The van der Waals surface area contributed by atoms with Crippen LogP contribution in [0, 0.1) is 5.82 Å². The van der Waals surface area contributed by atoms with Crippen molar-refractivity contribution in [2.24, 2.45) is 0 Å². The number of hydrogen-bond donors (Lipinski definition) is 5. The van der Waals surface area contributed by atoms with Gasteiger partial charge in [0.25, 0.3) is 5.56 Å². The molecule has 0 saturated carbocycles. The molecule has 0 saturated heterocycles. The smallest absolute Gasteiger partial charge is 0.405 e. The van der Waals surface area contributed by atoms with Gasteiger partial charge in [-0.2, -0.15) is 4.39 Å². The minimum absolute atomic E-state index is 0.0594. The van der Waals surface area contributed by atoms with Gasteiger partial charge >= 0.3 is 11.8 Å². The zero-order chi connectivity index (χ0) is 33.4. The summed E-state index contributed by atoms with van der Waals surface area (Å²) in [7, 11) is 0. The molecule has 47 heavy (non-hydrogen) atoms. The highest BCUT2D eigenvalue weighted by atomic mass is 19.1. The van der Waals surface area contributed by atoms with Crippen molar-refractivity contribution >= 4 is 23.6 Å². The average molecular weight is 636 g/mol. The third-order valence-corrected chi connectivity index (χ3v) is 7.49. The highest BCUT2D eigenvalue weighted by Crippen LogP contribution is 2.37. The van der Waals surface area contributed by atoms with Crippen LogP contribution >= 0.6 is 0 Å². The van der Waals surface area contributed by atoms with E-state index in [0.717, 1.165) is 27.5 Å². The van der Waals surface area contributed by atoms with Crippen molar-refractivity contribution in [1.82, 2.24) is 20.2 Å². The minimum Gasteiger partial charge on any atom is -0.465 e. The summed E-state index contributed by atoms with van der Waals surface area (Å²) in [5.74, 6) is -2.48. The molecule has 4 aromatic carbocycles. The van der Waals surface area contributed by atoms with Crippen molar-refractivity contribution in [3.8, 4) is 0 Å². The number of hydrogen-bond acceptors (Lipinski definition) is 5. The van der Waals surface area contributed by atoms with Crippen LogP contribution in [-0.4, -0.2) is 38.6 Å². The number of aromatic nitrogens is 2. The monoisotopic (exact) mass is 635 g/mol. The predicted octanol–water partition coefficient (Wildman–Crippen LogP) is 3.80. The third-order valence-electron chi connectivity index (χ3n) is 7.49. The van der Waals surface area contributed by atoms with Crippen molar-refractivity contribution in [3.63, 3.8) is 0 Å². The number of carboxylic acid groups (broad SMARTS) is 1. The molecule has 12 heteroatoms. The second-order valence-corrected chi connectivity index (χ2v) is 10.7. The van der Waals surface area contributed by atoms with Gasteiger partial charge in [0.15, 0.2) is 0 Å². The Balaban J connectivity index is 1.38. The van der Waals surface area contributed by atoms with Crippen LogP contribution in [0.25, 0.3) is 0 Å². The first kappa shape index (κ1) is 32.1. The van der Waals surface area contributed by atoms with E-state index in [-0.39, 0.29) is 12.2 Å². The van der Waals surface area contributed by atoms with Crippen LogP contribution in [0.2, 0.25) is 0 Å². The molecule has 0 unspecified atom stereocenters. The van der Waals surface area contributed by atoms with E-state index in [1.807, 2.05) is 96.0 Å². The van der Waals surface area contributed by atoms with Crippen LogP contribution in [0.1, 0.15) is 28.7 Å². The maximum Gasteiger partial charge on any atom is 0.405 e. The summed E-state index contributed by atoms with van der Waals surface area (Å²) in [5, 5.41) is 17.4. The summed E-state index contributed by atoms with van der Waals surface area (Å²) in [4.78, 5) is 64.0. The van der Waals surface area contributed by atoms with E-state index in [9.17, 15) is 33.5 Å². The normalized spacial score (nSPS) is 11.7. The number of H-pyrrole nitrogens is 1. The van der Waals surface area contributed by atoms with Gasteiger partial charge in [-0.25, -0.2) is 9.59 Å². The fraction of sp³-hybridized carbons (Fsp3) is 0.114. The number of anilines is 1. The summed E-state index contributed by atoms with van der Waals surface area (Å²) < 4.78 is 14.6. The first-order valence-corrected chi connectivity index (χ1v) is 14.5. The fourth-order valence-electron chi connectivity index (χ4n) is 5.30. The molecule has 3 amide bonds. The van der Waals surface area contributed by atoms with Gasteiger partial charge in [-0.15, -0.1) is 0 Å². The lowest BCUT2D eigenvalue weighted by molar-refractivity contribution is -0.126. The Bertz CT molecular complexity index is 1880. The lowest BCUT2D eigenvalue weighted by atomic mass is 9.77. The van der Waals surface area contributed by atoms with E-state index in [1.165, 1.54) is 12.1 Å². The van der Waals surface area contributed by atoms with Gasteiger partial charge in [0.1, 0.15) is 11.6 Å². The molecule has 0 bridgehead atoms. The lowest BCUT2D eigenvalue weighted by Gasteiger charge is -2.37. The number of rotatable bonds is 11. The zero-order valence-electron chi connectivity index (χ0n) is 24.9. The molecule has 0 spiro atoms. The van der Waals surface area contributed by atoms with Crippen LogP contribution in [0.4, 0.5) is 14.9 Å². The highest BCUT2D eigenvalue weighted by molar-refractivity contribution is 5.99. The van der Waals surface area contributed by atoms with Crippen molar-refractivity contribution in [3.05, 3.63) is 170 Å². The number of carbonyl (C=O) groups excluding carboxylic acids is 2. The Hall–Kier alpha value is -6.30. The van der Waals surface area contributed by atoms with E-state index in [2.05, 4.69) is 16.0 Å². The molecule has 0 aliphatic carbocycles. The molecule has 0 fully saturated rings. The molecular formula is C35H30FN5O6. The van der Waals surface area contributed by atoms with Gasteiger partial charge in [-0.3, -0.25) is 23.9 Å². The Morgan fingerprint density at radius 3 is 1.79 bits per heavy atom. The Morgan fingerprint density at radius 2 is 1.30 bits per heavy atom. The SMILES string of the molecule is O=C(O)N[C@H](CC(=O)NC(c1ccccc1)(c1ccccc1)c1ccccc1)C(=O)Nc1ccc(Cn2cc(F)c(=O)[nH]c2=O)cc1. The summed E-state index contributed by atoms with van der Waals surface area (Å²) in [6.07, 6.45) is -1.22. The Morgan fingerprint density at radius 1 is 0.787 bits per heavy atom. The molecule has 1 aromatic heterocycles. The number of aromatic amines is 1. The van der Waals surface area contributed by atoms with Gasteiger partial charge in [0, 0.05) is 5.69 Å². The molecule has 5 aromatic rings. The van der Waals surface area contributed by atoms with E-state index in [4.69, 9.17) is 0 Å². The third kappa shape index (κ3) is 7.51. The van der Waals surface area contributed by atoms with Crippen molar-refractivity contribution in [2.75, 3.05) is 5.32 Å². The topological polar surface area (TPSA) is 162 Å². The highest BCUT2D eigenvalue weighted by Gasteiger charge is 2.38. The van der Waals surface area contributed by atoms with E-state index in [0.29, 0.717) is 5.56 Å². The standard InChI is InChI=1S/C35H30FN5O6/c36-28-22-41(33(45)39-31(28)43)21-23-16-18-27(19-17-23)37-32(44)29(38-34(46)47)20-30(42)40-35(24-10-4-1-5-11-24,25-12-6-2-7-13-25)26-14-8-3-9-15-26/h1-19,22,29,38H,20-21H2,(H,37,44)(H,40,42)(H,46,47)(H,39,43,45)/t29-/m1/s1. The average Bonchev–Trinajstić information content (AvgIpc) is 3.07. The predicted molar refractivity (Wildman–Crippen MR) is 172 cm³/mol. The number of amides is 3. The van der Waals surface area contributed by atoms with Gasteiger partial charge in [0.2, 0.25) is 17.6 Å². The first-order chi connectivity index (χ1) is 22.7. The van der Waals surface area contributed by atoms with Gasteiger partial charge in [-0.1, -0.05) is 103 Å². The minimum atomic E-state index is -1.49. The maximum atomic E-state index is 13.8. The summed E-state index contributed by atoms with van der Waals surface area (Å²) >= 11 is 0. The number of nitrogens with zero attached hydrogens (tertiary/aromatic N) is 1. The molecule has 1 atom stereocenters. The molecule has 11 nitrogen and oxygen atoms in total. The van der Waals surface area contributed by atoms with Crippen LogP contribution < -0.4 is 27.2 Å². The first-order valence-electron chi connectivity index (χ1n) is 14.5. The van der Waals surface area contributed by atoms with E-state index < -0.39 is 53.0 Å². The largest absolute Gasteiger partial charge is 0.465 e. The molecule has 238 valence electrons. The number of carbonyl (C=O) groups is 3. The van der Waals surface area contributed by atoms with Gasteiger partial charge < -0.3 is 21.1 Å². The van der Waals surface area contributed by atoms with Gasteiger partial charge in [-0.05, 0) is 34.4 Å². The molecule has 5 rings (SSSR count). The fourth-order valence-corrected chi connectivity index (χ4v) is 5.30. The lowest BCUT2D eigenvalue weighted by Crippen LogP contribution is -2.51. The van der Waals surface area contributed by atoms with Crippen LogP contribution in [0.15, 0.2) is 131 Å². The van der Waals surface area contributed by atoms with Crippen LogP contribution in [-0.2, 0) is 21.7 Å². The van der Waals surface area contributed by atoms with Crippen molar-refractivity contribution in [2.45, 2.75) is 24.5 Å². The van der Waals surface area contributed by atoms with Gasteiger partial charge in [0.05, 0.1) is 19.2 Å².